The third-order valence-electron chi connectivity index (χ3n) is 8.93. The van der Waals surface area contributed by atoms with Gasteiger partial charge in [-0.1, -0.05) is 133 Å². The van der Waals surface area contributed by atoms with Crippen molar-refractivity contribution in [3.05, 3.63) is 191 Å². The van der Waals surface area contributed by atoms with Gasteiger partial charge in [0.25, 0.3) is 0 Å². The molecule has 0 unspecified atom stereocenters. The van der Waals surface area contributed by atoms with Crippen LogP contribution in [-0.2, 0) is 38.8 Å². The van der Waals surface area contributed by atoms with Crippen molar-refractivity contribution >= 4 is 34.7 Å². The van der Waals surface area contributed by atoms with Crippen molar-refractivity contribution in [2.45, 2.75) is 38.8 Å². The molecule has 0 fully saturated rings. The van der Waals surface area contributed by atoms with Gasteiger partial charge in [-0.05, 0) is 83.3 Å². The molecular weight excluding hydrogens is 613 g/mol. The number of hydrogen-bond acceptors (Lipinski definition) is 2. The summed E-state index contributed by atoms with van der Waals surface area (Å²) in [6, 6.07) is 54.8. The number of aryl methyl sites for hydroxylation is 4. The SMILES string of the molecule is c1ccc(CN=C2Nc3ccccc3CCc3ccccc3NC(=NCc3ccccc3)Nc3ccccc3CCc3ccccc3N2)cc1. The molecule has 6 aromatic carbocycles. The maximum Gasteiger partial charge on any atom is 0.200 e. The van der Waals surface area contributed by atoms with Gasteiger partial charge in [0.2, 0.25) is 11.9 Å². The van der Waals surface area contributed by atoms with Crippen molar-refractivity contribution in [2.75, 3.05) is 21.3 Å². The topological polar surface area (TPSA) is 72.8 Å². The Morgan fingerprint density at radius 3 is 0.880 bits per heavy atom. The standard InChI is InChI=1S/C44H42N6/c1-3-15-33(16-4-1)31-45-43-47-39-23-11-7-19-35(39)27-29-37-21-9-13-25-41(37)49-44(46-32-34-17-5-2-6-18-34)50-42-26-14-10-22-38(42)30-28-36-20-8-12-24-40(36)48-43/h1-26H,27-32H2,(H2,45,47,48)(H2,46,49,50). The molecule has 0 aliphatic carbocycles. The fraction of sp³-hybridized carbons (Fsp3) is 0.136. The molecule has 4 N–H and O–H groups in total. The molecule has 0 radical (unpaired) electrons. The van der Waals surface area contributed by atoms with E-state index in [0.717, 1.165) is 71.5 Å². The second-order valence-electron chi connectivity index (χ2n) is 12.4. The lowest BCUT2D eigenvalue weighted by atomic mass is 10.0. The number of nitrogens with one attached hydrogen (secondary N) is 4. The summed E-state index contributed by atoms with van der Waals surface area (Å²) in [5.74, 6) is 1.44. The van der Waals surface area contributed by atoms with Crippen LogP contribution in [0.2, 0.25) is 0 Å². The average Bonchev–Trinajstić information content (AvgIpc) is 3.17. The number of hydrogen-bond donors (Lipinski definition) is 4. The van der Waals surface area contributed by atoms with Crippen LogP contribution < -0.4 is 21.3 Å². The Morgan fingerprint density at radius 2 is 0.580 bits per heavy atom. The quantitative estimate of drug-likeness (QED) is 0.153. The van der Waals surface area contributed by atoms with Gasteiger partial charge >= 0.3 is 0 Å². The van der Waals surface area contributed by atoms with Crippen LogP contribution in [-0.4, -0.2) is 11.9 Å². The Labute approximate surface area is 295 Å². The van der Waals surface area contributed by atoms with Crippen molar-refractivity contribution in [1.29, 1.82) is 0 Å². The number of fused-ring (bicyclic) bond motifs is 4. The fourth-order valence-corrected chi connectivity index (χ4v) is 6.22. The smallest absolute Gasteiger partial charge is 0.200 e. The highest BCUT2D eigenvalue weighted by atomic mass is 15.2. The van der Waals surface area contributed by atoms with E-state index in [1.165, 1.54) is 22.3 Å². The zero-order valence-corrected chi connectivity index (χ0v) is 28.1. The first-order chi connectivity index (χ1) is 24.8. The number of guanidine groups is 2. The molecule has 0 bridgehead atoms. The highest BCUT2D eigenvalue weighted by Crippen LogP contribution is 2.25. The van der Waals surface area contributed by atoms with E-state index >= 15 is 0 Å². The molecule has 0 amide bonds. The summed E-state index contributed by atoms with van der Waals surface area (Å²) in [4.78, 5) is 10.1. The lowest BCUT2D eigenvalue weighted by molar-refractivity contribution is 0.960. The molecule has 7 rings (SSSR count). The first kappa shape index (κ1) is 32.4. The third kappa shape index (κ3) is 8.65. The predicted octanol–water partition coefficient (Wildman–Crippen LogP) is 9.73. The van der Waals surface area contributed by atoms with Crippen LogP contribution in [0.3, 0.4) is 0 Å². The van der Waals surface area contributed by atoms with Gasteiger partial charge in [-0.2, -0.15) is 0 Å². The van der Waals surface area contributed by atoms with Gasteiger partial charge in [0.05, 0.1) is 13.1 Å². The van der Waals surface area contributed by atoms with Crippen LogP contribution in [0.4, 0.5) is 22.7 Å². The minimum atomic E-state index is 0.562. The van der Waals surface area contributed by atoms with Crippen LogP contribution in [0.15, 0.2) is 168 Å². The van der Waals surface area contributed by atoms with E-state index in [0.29, 0.717) is 13.1 Å². The molecule has 6 heteroatoms. The number of anilines is 4. The molecular formula is C44H42N6. The van der Waals surface area contributed by atoms with E-state index in [1.54, 1.807) is 0 Å². The Kier molecular flexibility index (Phi) is 10.6. The second kappa shape index (κ2) is 16.3. The molecule has 6 aromatic rings. The maximum absolute atomic E-state index is 5.06. The van der Waals surface area contributed by atoms with Gasteiger partial charge < -0.3 is 21.3 Å². The highest BCUT2D eigenvalue weighted by molar-refractivity contribution is 6.05. The number of rotatable bonds is 4. The molecule has 0 saturated heterocycles. The Hall–Kier alpha value is -6.14. The summed E-state index contributed by atoms with van der Waals surface area (Å²) in [7, 11) is 0. The third-order valence-corrected chi connectivity index (χ3v) is 8.93. The molecule has 1 aliphatic rings. The Balaban J connectivity index is 1.27. The number of para-hydroxylation sites is 4. The minimum absolute atomic E-state index is 0.562. The maximum atomic E-state index is 5.06. The molecule has 0 atom stereocenters. The van der Waals surface area contributed by atoms with Gasteiger partial charge in [0.1, 0.15) is 0 Å². The number of benzene rings is 6. The van der Waals surface area contributed by atoms with Crippen LogP contribution in [0.1, 0.15) is 33.4 Å². The monoisotopic (exact) mass is 654 g/mol. The Bertz CT molecular complexity index is 1820. The lowest BCUT2D eigenvalue weighted by Crippen LogP contribution is -2.25. The van der Waals surface area contributed by atoms with E-state index in [9.17, 15) is 0 Å². The largest absolute Gasteiger partial charge is 0.326 e. The summed E-state index contributed by atoms with van der Waals surface area (Å²) in [5, 5.41) is 14.7. The molecule has 50 heavy (non-hydrogen) atoms. The van der Waals surface area contributed by atoms with E-state index < -0.39 is 0 Å². The van der Waals surface area contributed by atoms with E-state index in [4.69, 9.17) is 9.98 Å². The molecule has 0 spiro atoms. The van der Waals surface area contributed by atoms with Crippen molar-refractivity contribution in [2.24, 2.45) is 9.98 Å². The molecule has 6 nitrogen and oxygen atoms in total. The second-order valence-corrected chi connectivity index (χ2v) is 12.4. The Morgan fingerprint density at radius 1 is 0.320 bits per heavy atom. The molecule has 0 aromatic heterocycles. The van der Waals surface area contributed by atoms with Gasteiger partial charge in [-0.15, -0.1) is 0 Å². The van der Waals surface area contributed by atoms with E-state index in [2.05, 4.69) is 167 Å². The zero-order valence-electron chi connectivity index (χ0n) is 28.1. The number of aliphatic imine (C=N–C) groups is 2. The van der Waals surface area contributed by atoms with Crippen LogP contribution in [0.5, 0.6) is 0 Å². The fourth-order valence-electron chi connectivity index (χ4n) is 6.22. The summed E-state index contributed by atoms with van der Waals surface area (Å²) < 4.78 is 0. The molecule has 248 valence electrons. The van der Waals surface area contributed by atoms with E-state index in [-0.39, 0.29) is 0 Å². The van der Waals surface area contributed by atoms with Crippen LogP contribution >= 0.6 is 0 Å². The van der Waals surface area contributed by atoms with Crippen molar-refractivity contribution in [3.8, 4) is 0 Å². The normalized spacial score (nSPS) is 13.2. The highest BCUT2D eigenvalue weighted by Gasteiger charge is 2.14. The van der Waals surface area contributed by atoms with Crippen molar-refractivity contribution in [1.82, 2.24) is 0 Å². The first-order valence-electron chi connectivity index (χ1n) is 17.3. The number of nitrogens with zero attached hydrogens (tertiary/aromatic N) is 2. The summed E-state index contributed by atoms with van der Waals surface area (Å²) >= 11 is 0. The summed E-state index contributed by atoms with van der Waals surface area (Å²) in [6.07, 6.45) is 3.38. The average molecular weight is 655 g/mol. The lowest BCUT2D eigenvalue weighted by Gasteiger charge is -2.20. The molecule has 1 heterocycles. The summed E-state index contributed by atoms with van der Waals surface area (Å²) in [5.41, 5.74) is 11.3. The van der Waals surface area contributed by atoms with Crippen LogP contribution in [0.25, 0.3) is 0 Å². The van der Waals surface area contributed by atoms with E-state index in [1.807, 2.05) is 12.1 Å². The van der Waals surface area contributed by atoms with Gasteiger partial charge in [-0.3, -0.25) is 0 Å². The van der Waals surface area contributed by atoms with Gasteiger partial charge in [-0.25, -0.2) is 9.98 Å². The zero-order chi connectivity index (χ0) is 33.8. The van der Waals surface area contributed by atoms with Gasteiger partial charge in [0.15, 0.2) is 0 Å². The summed E-state index contributed by atoms with van der Waals surface area (Å²) in [6.45, 7) is 1.12. The first-order valence-corrected chi connectivity index (χ1v) is 17.3. The molecule has 1 aliphatic heterocycles. The molecule has 0 saturated carbocycles. The van der Waals surface area contributed by atoms with Crippen molar-refractivity contribution < 1.29 is 0 Å². The minimum Gasteiger partial charge on any atom is -0.326 e. The van der Waals surface area contributed by atoms with Crippen molar-refractivity contribution in [3.63, 3.8) is 0 Å². The van der Waals surface area contributed by atoms with Gasteiger partial charge in [0, 0.05) is 22.7 Å². The predicted molar refractivity (Wildman–Crippen MR) is 210 cm³/mol. The van der Waals surface area contributed by atoms with Crippen LogP contribution in [0, 0.1) is 0 Å².